The number of benzene rings is 1. The maximum absolute atomic E-state index is 12.5. The minimum atomic E-state index is -0.162. The molecule has 2 amide bonds. The number of carbonyl (C=O) groups excluding carboxylic acids is 2. The highest BCUT2D eigenvalue weighted by Gasteiger charge is 2.34. The van der Waals surface area contributed by atoms with Crippen LogP contribution in [0.5, 0.6) is 0 Å². The molecule has 1 N–H and O–H groups in total. The molecule has 3 atom stereocenters. The number of piperidine rings is 1. The number of hydrogen-bond acceptors (Lipinski definition) is 3. The van der Waals surface area contributed by atoms with Crippen LogP contribution in [0.25, 0.3) is 0 Å². The molecular weight excluding hydrogens is 304 g/mol. The number of aryl methyl sites for hydroxylation is 1. The quantitative estimate of drug-likeness (QED) is 0.867. The number of methoxy groups -OCH3 is 1. The Kier molecular flexibility index (Phi) is 5.07. The fraction of sp³-hybridized carbons (Fsp3) is 0.579. The summed E-state index contributed by atoms with van der Waals surface area (Å²) in [6.45, 7) is 3.90. The molecule has 24 heavy (non-hydrogen) atoms. The number of nitrogens with zero attached hydrogens (tertiary/aromatic N) is 1. The first-order valence-corrected chi connectivity index (χ1v) is 8.78. The molecule has 1 saturated heterocycles. The smallest absolute Gasteiger partial charge is 0.317 e. The predicted molar refractivity (Wildman–Crippen MR) is 91.8 cm³/mol. The van der Waals surface area contributed by atoms with Gasteiger partial charge in [0.1, 0.15) is 0 Å². The second kappa shape index (κ2) is 7.24. The lowest BCUT2D eigenvalue weighted by molar-refractivity contribution is -0.148. The summed E-state index contributed by atoms with van der Waals surface area (Å²) in [5.41, 5.74) is 2.78. The third-order valence-electron chi connectivity index (χ3n) is 5.45. The Morgan fingerprint density at radius 3 is 2.83 bits per heavy atom. The SMILES string of the molecule is COC(=O)[C@@H]1CCN(C(=O)NC[C@@H]2CCc3ccccc32)C[C@H]1C. The van der Waals surface area contributed by atoms with Gasteiger partial charge in [-0.2, -0.15) is 0 Å². The van der Waals surface area contributed by atoms with E-state index in [4.69, 9.17) is 4.74 Å². The molecule has 2 aliphatic rings. The first-order valence-electron chi connectivity index (χ1n) is 8.78. The molecule has 1 aliphatic heterocycles. The van der Waals surface area contributed by atoms with E-state index in [1.165, 1.54) is 18.2 Å². The standard InChI is InChI=1S/C19H26N2O3/c1-13-12-21(10-9-16(13)18(22)24-2)19(23)20-11-15-8-7-14-5-3-4-6-17(14)15/h3-6,13,15-16H,7-12H2,1-2H3,(H,20,23)/t13-,15+,16-/m1/s1. The molecule has 5 nitrogen and oxygen atoms in total. The van der Waals surface area contributed by atoms with Gasteiger partial charge in [-0.15, -0.1) is 0 Å². The summed E-state index contributed by atoms with van der Waals surface area (Å²) in [5.74, 6) is 0.283. The summed E-state index contributed by atoms with van der Waals surface area (Å²) in [6, 6.07) is 8.47. The average Bonchev–Trinajstić information content (AvgIpc) is 3.02. The van der Waals surface area contributed by atoms with Crippen molar-refractivity contribution in [2.75, 3.05) is 26.7 Å². The van der Waals surface area contributed by atoms with E-state index in [9.17, 15) is 9.59 Å². The maximum atomic E-state index is 12.5. The summed E-state index contributed by atoms with van der Waals surface area (Å²) in [4.78, 5) is 26.0. The van der Waals surface area contributed by atoms with Gasteiger partial charge in [0.2, 0.25) is 0 Å². The highest BCUT2D eigenvalue weighted by molar-refractivity contribution is 5.76. The molecule has 130 valence electrons. The summed E-state index contributed by atoms with van der Waals surface area (Å²) < 4.78 is 4.85. The van der Waals surface area contributed by atoms with Gasteiger partial charge in [0.05, 0.1) is 13.0 Å². The van der Waals surface area contributed by atoms with Gasteiger partial charge in [0, 0.05) is 25.6 Å². The Balaban J connectivity index is 1.51. The topological polar surface area (TPSA) is 58.6 Å². The van der Waals surface area contributed by atoms with Crippen LogP contribution in [-0.4, -0.2) is 43.6 Å². The Morgan fingerprint density at radius 1 is 1.29 bits per heavy atom. The van der Waals surface area contributed by atoms with Crippen molar-refractivity contribution in [2.45, 2.75) is 32.1 Å². The van der Waals surface area contributed by atoms with E-state index in [0.717, 1.165) is 12.8 Å². The van der Waals surface area contributed by atoms with Crippen LogP contribution in [0.3, 0.4) is 0 Å². The fourth-order valence-electron chi connectivity index (χ4n) is 4.01. The predicted octanol–water partition coefficient (Wildman–Crippen LogP) is 2.56. The molecule has 0 saturated carbocycles. The number of ether oxygens (including phenoxy) is 1. The first-order chi connectivity index (χ1) is 11.6. The number of amides is 2. The van der Waals surface area contributed by atoms with Crippen molar-refractivity contribution in [3.05, 3.63) is 35.4 Å². The van der Waals surface area contributed by atoms with Crippen LogP contribution in [-0.2, 0) is 16.0 Å². The molecule has 0 bridgehead atoms. The third kappa shape index (κ3) is 3.40. The molecule has 0 aromatic heterocycles. The number of hydrogen-bond donors (Lipinski definition) is 1. The zero-order valence-electron chi connectivity index (χ0n) is 14.5. The number of likely N-dealkylation sites (tertiary alicyclic amines) is 1. The van der Waals surface area contributed by atoms with E-state index in [1.807, 2.05) is 11.8 Å². The van der Waals surface area contributed by atoms with Crippen LogP contribution in [0.15, 0.2) is 24.3 Å². The second-order valence-electron chi connectivity index (χ2n) is 6.96. The Morgan fingerprint density at radius 2 is 2.08 bits per heavy atom. The van der Waals surface area contributed by atoms with Gasteiger partial charge in [-0.1, -0.05) is 31.2 Å². The lowest BCUT2D eigenvalue weighted by Gasteiger charge is -2.35. The molecule has 1 heterocycles. The van der Waals surface area contributed by atoms with Crippen molar-refractivity contribution in [3.8, 4) is 0 Å². The van der Waals surface area contributed by atoms with Crippen LogP contribution in [0.1, 0.15) is 36.8 Å². The van der Waals surface area contributed by atoms with Gasteiger partial charge < -0.3 is 15.0 Å². The molecule has 1 aromatic carbocycles. The highest BCUT2D eigenvalue weighted by atomic mass is 16.5. The number of nitrogens with one attached hydrogen (secondary N) is 1. The average molecular weight is 330 g/mol. The second-order valence-corrected chi connectivity index (χ2v) is 6.96. The monoisotopic (exact) mass is 330 g/mol. The molecule has 1 aliphatic carbocycles. The summed E-state index contributed by atoms with van der Waals surface area (Å²) in [6.07, 6.45) is 2.87. The molecule has 0 spiro atoms. The van der Waals surface area contributed by atoms with Gasteiger partial charge in [-0.25, -0.2) is 4.79 Å². The minimum Gasteiger partial charge on any atom is -0.469 e. The van der Waals surface area contributed by atoms with E-state index in [0.29, 0.717) is 32.0 Å². The summed E-state index contributed by atoms with van der Waals surface area (Å²) in [5, 5.41) is 3.08. The van der Waals surface area contributed by atoms with Gasteiger partial charge in [0.15, 0.2) is 0 Å². The van der Waals surface area contributed by atoms with E-state index in [2.05, 4.69) is 29.6 Å². The Bertz CT molecular complexity index is 616. The van der Waals surface area contributed by atoms with Crippen molar-refractivity contribution >= 4 is 12.0 Å². The number of carbonyl (C=O) groups is 2. The Labute approximate surface area is 143 Å². The van der Waals surface area contributed by atoms with Gasteiger partial charge in [-0.3, -0.25) is 4.79 Å². The fourth-order valence-corrected chi connectivity index (χ4v) is 4.01. The number of fused-ring (bicyclic) bond motifs is 1. The Hall–Kier alpha value is -2.04. The number of esters is 1. The molecule has 3 rings (SSSR count). The van der Waals surface area contributed by atoms with E-state index in [-0.39, 0.29) is 23.8 Å². The van der Waals surface area contributed by atoms with Gasteiger partial charge in [0.25, 0.3) is 0 Å². The lowest BCUT2D eigenvalue weighted by atomic mass is 9.87. The minimum absolute atomic E-state index is 0.0189. The van der Waals surface area contributed by atoms with Crippen molar-refractivity contribution in [2.24, 2.45) is 11.8 Å². The normalized spacial score (nSPS) is 25.9. The van der Waals surface area contributed by atoms with Crippen LogP contribution >= 0.6 is 0 Å². The number of urea groups is 1. The zero-order valence-corrected chi connectivity index (χ0v) is 14.5. The maximum Gasteiger partial charge on any atom is 0.317 e. The van der Waals surface area contributed by atoms with E-state index < -0.39 is 0 Å². The molecular formula is C19H26N2O3. The molecule has 0 unspecified atom stereocenters. The van der Waals surface area contributed by atoms with Gasteiger partial charge in [-0.05, 0) is 36.3 Å². The molecule has 0 radical (unpaired) electrons. The number of rotatable bonds is 3. The van der Waals surface area contributed by atoms with Crippen molar-refractivity contribution < 1.29 is 14.3 Å². The lowest BCUT2D eigenvalue weighted by Crippen LogP contribution is -2.49. The summed E-state index contributed by atoms with van der Waals surface area (Å²) >= 11 is 0. The van der Waals surface area contributed by atoms with E-state index in [1.54, 1.807) is 0 Å². The third-order valence-corrected chi connectivity index (χ3v) is 5.45. The largest absolute Gasteiger partial charge is 0.469 e. The van der Waals surface area contributed by atoms with Crippen LogP contribution in [0.2, 0.25) is 0 Å². The van der Waals surface area contributed by atoms with Crippen molar-refractivity contribution in [1.29, 1.82) is 0 Å². The van der Waals surface area contributed by atoms with Crippen molar-refractivity contribution in [1.82, 2.24) is 10.2 Å². The molecule has 1 fully saturated rings. The zero-order chi connectivity index (χ0) is 17.1. The van der Waals surface area contributed by atoms with Crippen LogP contribution in [0.4, 0.5) is 4.79 Å². The highest BCUT2D eigenvalue weighted by Crippen LogP contribution is 2.32. The van der Waals surface area contributed by atoms with Gasteiger partial charge >= 0.3 is 12.0 Å². The summed E-state index contributed by atoms with van der Waals surface area (Å²) in [7, 11) is 1.42. The van der Waals surface area contributed by atoms with Crippen LogP contribution < -0.4 is 5.32 Å². The first kappa shape index (κ1) is 16.8. The van der Waals surface area contributed by atoms with E-state index >= 15 is 0 Å². The molecule has 1 aromatic rings. The van der Waals surface area contributed by atoms with Crippen LogP contribution in [0, 0.1) is 11.8 Å². The molecule has 5 heteroatoms. The van der Waals surface area contributed by atoms with Crippen molar-refractivity contribution in [3.63, 3.8) is 0 Å².